The fraction of sp³-hybridized carbons (Fsp3) is 1.00. The number of methoxy groups -OCH3 is 1. The third kappa shape index (κ3) is 2.56. The minimum Gasteiger partial charge on any atom is -0.380 e. The van der Waals surface area contributed by atoms with Gasteiger partial charge in [-0.15, -0.1) is 0 Å². The predicted octanol–water partition coefficient (Wildman–Crippen LogP) is 1.30. The van der Waals surface area contributed by atoms with Crippen LogP contribution in [0, 0.1) is 0 Å². The van der Waals surface area contributed by atoms with Gasteiger partial charge in [-0.2, -0.15) is 0 Å². The first-order chi connectivity index (χ1) is 7.79. The minimum absolute atomic E-state index is 0.207. The monoisotopic (exact) mass is 229 g/mol. The van der Waals surface area contributed by atoms with Crippen LogP contribution in [0.5, 0.6) is 0 Å². The molecule has 0 aromatic rings. The van der Waals surface area contributed by atoms with E-state index in [1.54, 1.807) is 7.11 Å². The average Bonchev–Trinajstić information content (AvgIpc) is 2.76. The summed E-state index contributed by atoms with van der Waals surface area (Å²) in [5.41, 5.74) is 0. The van der Waals surface area contributed by atoms with Gasteiger partial charge in [0, 0.05) is 26.0 Å². The molecule has 4 nitrogen and oxygen atoms in total. The fourth-order valence-electron chi connectivity index (χ4n) is 2.68. The Hall–Kier alpha value is -0.160. The molecule has 2 rings (SSSR count). The van der Waals surface area contributed by atoms with Crippen LogP contribution in [0.4, 0.5) is 0 Å². The van der Waals surface area contributed by atoms with Crippen molar-refractivity contribution in [2.45, 2.75) is 50.5 Å². The topological polar surface area (TPSA) is 39.7 Å². The van der Waals surface area contributed by atoms with Crippen molar-refractivity contribution in [1.82, 2.24) is 5.32 Å². The molecule has 1 N–H and O–H groups in total. The van der Waals surface area contributed by atoms with Gasteiger partial charge in [0.25, 0.3) is 0 Å². The Morgan fingerprint density at radius 2 is 2.12 bits per heavy atom. The van der Waals surface area contributed by atoms with Crippen molar-refractivity contribution in [2.75, 3.05) is 26.9 Å². The molecule has 2 fully saturated rings. The normalized spacial score (nSPS) is 33.4. The van der Waals surface area contributed by atoms with Gasteiger partial charge in [-0.3, -0.25) is 0 Å². The highest BCUT2D eigenvalue weighted by molar-refractivity contribution is 4.92. The molecule has 1 aliphatic carbocycles. The smallest absolute Gasteiger partial charge is 0.171 e. The third-order valence-electron chi connectivity index (χ3n) is 3.57. The van der Waals surface area contributed by atoms with Crippen molar-refractivity contribution >= 4 is 0 Å². The van der Waals surface area contributed by atoms with E-state index in [1.165, 1.54) is 0 Å². The van der Waals surface area contributed by atoms with E-state index in [2.05, 4.69) is 12.2 Å². The Balaban J connectivity index is 1.90. The quantitative estimate of drug-likeness (QED) is 0.788. The summed E-state index contributed by atoms with van der Waals surface area (Å²) < 4.78 is 17.0. The fourth-order valence-corrected chi connectivity index (χ4v) is 2.68. The molecule has 0 aromatic carbocycles. The van der Waals surface area contributed by atoms with Crippen molar-refractivity contribution in [3.05, 3.63) is 0 Å². The molecule has 1 spiro atoms. The average molecular weight is 229 g/mol. The zero-order valence-corrected chi connectivity index (χ0v) is 10.3. The summed E-state index contributed by atoms with van der Waals surface area (Å²) in [4.78, 5) is 0. The highest BCUT2D eigenvalue weighted by Gasteiger charge is 2.45. The molecule has 1 heterocycles. The Morgan fingerprint density at radius 1 is 1.38 bits per heavy atom. The van der Waals surface area contributed by atoms with Crippen LogP contribution in [0.1, 0.15) is 32.6 Å². The molecule has 1 saturated carbocycles. The lowest BCUT2D eigenvalue weighted by Gasteiger charge is -2.40. The molecule has 1 saturated heterocycles. The summed E-state index contributed by atoms with van der Waals surface area (Å²) in [7, 11) is 1.78. The minimum atomic E-state index is -0.342. The molecule has 4 heteroatoms. The molecule has 0 radical (unpaired) electrons. The molecule has 16 heavy (non-hydrogen) atoms. The second-order valence-electron chi connectivity index (χ2n) is 4.69. The van der Waals surface area contributed by atoms with Gasteiger partial charge in [-0.25, -0.2) is 0 Å². The lowest BCUT2D eigenvalue weighted by molar-refractivity contribution is -0.203. The molecule has 0 amide bonds. The largest absolute Gasteiger partial charge is 0.380 e. The summed E-state index contributed by atoms with van der Waals surface area (Å²) in [6.45, 7) is 4.69. The maximum Gasteiger partial charge on any atom is 0.171 e. The van der Waals surface area contributed by atoms with Gasteiger partial charge >= 0.3 is 0 Å². The van der Waals surface area contributed by atoms with Crippen molar-refractivity contribution in [1.29, 1.82) is 0 Å². The number of hydrogen-bond acceptors (Lipinski definition) is 4. The van der Waals surface area contributed by atoms with Crippen LogP contribution in [0.25, 0.3) is 0 Å². The highest BCUT2D eigenvalue weighted by Crippen LogP contribution is 2.36. The van der Waals surface area contributed by atoms with E-state index >= 15 is 0 Å². The van der Waals surface area contributed by atoms with E-state index in [1.807, 2.05) is 0 Å². The molecule has 2 aliphatic rings. The van der Waals surface area contributed by atoms with E-state index in [-0.39, 0.29) is 11.9 Å². The third-order valence-corrected chi connectivity index (χ3v) is 3.57. The van der Waals surface area contributed by atoms with E-state index in [0.29, 0.717) is 6.04 Å². The van der Waals surface area contributed by atoms with Gasteiger partial charge in [0.1, 0.15) is 0 Å². The summed E-state index contributed by atoms with van der Waals surface area (Å²) >= 11 is 0. The van der Waals surface area contributed by atoms with Gasteiger partial charge in [0.2, 0.25) is 0 Å². The van der Waals surface area contributed by atoms with E-state index < -0.39 is 0 Å². The molecule has 2 atom stereocenters. The van der Waals surface area contributed by atoms with Crippen LogP contribution < -0.4 is 5.32 Å². The van der Waals surface area contributed by atoms with Crippen molar-refractivity contribution < 1.29 is 14.2 Å². The van der Waals surface area contributed by atoms with Crippen LogP contribution in [-0.2, 0) is 14.2 Å². The van der Waals surface area contributed by atoms with Gasteiger partial charge < -0.3 is 19.5 Å². The van der Waals surface area contributed by atoms with Crippen molar-refractivity contribution in [2.24, 2.45) is 0 Å². The number of rotatable bonds is 4. The molecule has 2 unspecified atom stereocenters. The zero-order valence-electron chi connectivity index (χ0n) is 10.3. The van der Waals surface area contributed by atoms with E-state index in [9.17, 15) is 0 Å². The first-order valence-electron chi connectivity index (χ1n) is 6.34. The number of hydrogen-bond donors (Lipinski definition) is 1. The summed E-state index contributed by atoms with van der Waals surface area (Å²) in [5.74, 6) is -0.342. The van der Waals surface area contributed by atoms with Crippen LogP contribution in [-0.4, -0.2) is 44.8 Å². The van der Waals surface area contributed by atoms with Gasteiger partial charge in [0.15, 0.2) is 5.79 Å². The van der Waals surface area contributed by atoms with Gasteiger partial charge in [-0.1, -0.05) is 6.92 Å². The Morgan fingerprint density at radius 3 is 2.75 bits per heavy atom. The molecule has 94 valence electrons. The molecular formula is C12H23NO3. The van der Waals surface area contributed by atoms with Gasteiger partial charge in [0.05, 0.1) is 19.3 Å². The van der Waals surface area contributed by atoms with Crippen molar-refractivity contribution in [3.63, 3.8) is 0 Å². The standard InChI is InChI=1S/C12H23NO3/c1-3-6-13-10-4-5-12(9-11(10)14-2)15-7-8-16-12/h10-11,13H,3-9H2,1-2H3. The lowest BCUT2D eigenvalue weighted by atomic mass is 9.87. The number of nitrogens with one attached hydrogen (secondary N) is 1. The highest BCUT2D eigenvalue weighted by atomic mass is 16.7. The Bertz CT molecular complexity index is 216. The molecular weight excluding hydrogens is 206 g/mol. The molecule has 1 aliphatic heterocycles. The van der Waals surface area contributed by atoms with E-state index in [0.717, 1.165) is 45.4 Å². The second kappa shape index (κ2) is 5.45. The first kappa shape index (κ1) is 12.3. The first-order valence-corrected chi connectivity index (χ1v) is 6.34. The zero-order chi connectivity index (χ0) is 11.4. The lowest BCUT2D eigenvalue weighted by Crippen LogP contribution is -2.51. The van der Waals surface area contributed by atoms with Crippen LogP contribution in [0.15, 0.2) is 0 Å². The van der Waals surface area contributed by atoms with Crippen molar-refractivity contribution in [3.8, 4) is 0 Å². The number of ether oxygens (including phenoxy) is 3. The SMILES string of the molecule is CCCNC1CCC2(CC1OC)OCCO2. The summed E-state index contributed by atoms with van der Waals surface area (Å²) in [6, 6.07) is 0.448. The van der Waals surface area contributed by atoms with Crippen LogP contribution in [0.3, 0.4) is 0 Å². The Kier molecular flexibility index (Phi) is 4.19. The summed E-state index contributed by atoms with van der Waals surface area (Å²) in [5, 5.41) is 3.54. The Labute approximate surface area is 97.6 Å². The maximum absolute atomic E-state index is 5.74. The van der Waals surface area contributed by atoms with Crippen LogP contribution >= 0.6 is 0 Å². The molecule has 0 aromatic heterocycles. The second-order valence-corrected chi connectivity index (χ2v) is 4.69. The van der Waals surface area contributed by atoms with Gasteiger partial charge in [-0.05, 0) is 19.4 Å². The van der Waals surface area contributed by atoms with E-state index in [4.69, 9.17) is 14.2 Å². The molecule has 0 bridgehead atoms. The predicted molar refractivity (Wildman–Crippen MR) is 61.4 cm³/mol. The van der Waals surface area contributed by atoms with Crippen LogP contribution in [0.2, 0.25) is 0 Å². The maximum atomic E-state index is 5.74. The summed E-state index contributed by atoms with van der Waals surface area (Å²) in [6.07, 6.45) is 4.27.